The molecule has 3 N–H and O–H groups in total. The van der Waals surface area contributed by atoms with Crippen molar-refractivity contribution in [1.82, 2.24) is 4.98 Å². The number of nitrogen functional groups attached to an aromatic ring is 1. The molecule has 0 aliphatic carbocycles. The highest BCUT2D eigenvalue weighted by Crippen LogP contribution is 2.26. The predicted octanol–water partition coefficient (Wildman–Crippen LogP) is 2.20. The molecule has 0 saturated heterocycles. The number of hydrogen-bond donors (Lipinski definition) is 2. The SMILES string of the molecule is COc1cnccc1C(=O)Nc1c(N)ccc(F)c1F. The zero-order valence-electron chi connectivity index (χ0n) is 10.5. The quantitative estimate of drug-likeness (QED) is 0.844. The van der Waals surface area contributed by atoms with Gasteiger partial charge in [0.05, 0.1) is 24.6 Å². The van der Waals surface area contributed by atoms with E-state index in [4.69, 9.17) is 10.5 Å². The van der Waals surface area contributed by atoms with Gasteiger partial charge in [-0.05, 0) is 18.2 Å². The Morgan fingerprint density at radius 3 is 2.80 bits per heavy atom. The standard InChI is InChI=1S/C13H11F2N3O2/c1-20-10-6-17-5-4-7(10)13(19)18-12-9(16)3-2-8(14)11(12)15/h2-6H,16H2,1H3,(H,18,19). The molecule has 0 radical (unpaired) electrons. The monoisotopic (exact) mass is 279 g/mol. The maximum atomic E-state index is 13.6. The molecule has 7 heteroatoms. The van der Waals surface area contributed by atoms with Crippen LogP contribution >= 0.6 is 0 Å². The Hall–Kier alpha value is -2.70. The van der Waals surface area contributed by atoms with Crippen molar-refractivity contribution in [2.75, 3.05) is 18.2 Å². The van der Waals surface area contributed by atoms with Gasteiger partial charge in [0, 0.05) is 6.20 Å². The lowest BCUT2D eigenvalue weighted by molar-refractivity contribution is 0.102. The number of carbonyl (C=O) groups excluding carboxylic acids is 1. The highest BCUT2D eigenvalue weighted by Gasteiger charge is 2.18. The summed E-state index contributed by atoms with van der Waals surface area (Å²) in [6.07, 6.45) is 2.71. The van der Waals surface area contributed by atoms with Gasteiger partial charge in [-0.1, -0.05) is 0 Å². The molecule has 0 bridgehead atoms. The van der Waals surface area contributed by atoms with Gasteiger partial charge in [0.2, 0.25) is 0 Å². The summed E-state index contributed by atoms with van der Waals surface area (Å²) < 4.78 is 31.7. The van der Waals surface area contributed by atoms with Crippen LogP contribution in [0.1, 0.15) is 10.4 Å². The zero-order valence-corrected chi connectivity index (χ0v) is 10.5. The number of nitrogens with two attached hydrogens (primary N) is 1. The Morgan fingerprint density at radius 2 is 2.10 bits per heavy atom. The first-order valence-electron chi connectivity index (χ1n) is 5.57. The molecule has 2 rings (SSSR count). The first kappa shape index (κ1) is 13.7. The van der Waals surface area contributed by atoms with Gasteiger partial charge >= 0.3 is 0 Å². The molecule has 1 aromatic carbocycles. The minimum Gasteiger partial charge on any atom is -0.494 e. The first-order valence-corrected chi connectivity index (χ1v) is 5.57. The van der Waals surface area contributed by atoms with Crippen LogP contribution in [0.5, 0.6) is 5.75 Å². The predicted molar refractivity (Wildman–Crippen MR) is 69.5 cm³/mol. The van der Waals surface area contributed by atoms with Crippen molar-refractivity contribution in [3.8, 4) is 5.75 Å². The molecule has 0 spiro atoms. The van der Waals surface area contributed by atoms with Crippen LogP contribution in [-0.2, 0) is 0 Å². The molecule has 0 atom stereocenters. The Morgan fingerprint density at radius 1 is 1.35 bits per heavy atom. The van der Waals surface area contributed by atoms with Crippen molar-refractivity contribution in [1.29, 1.82) is 0 Å². The van der Waals surface area contributed by atoms with Crippen LogP contribution in [0.4, 0.5) is 20.2 Å². The van der Waals surface area contributed by atoms with Gasteiger partial charge < -0.3 is 15.8 Å². The van der Waals surface area contributed by atoms with Crippen LogP contribution in [0.15, 0.2) is 30.6 Å². The number of anilines is 2. The van der Waals surface area contributed by atoms with Gasteiger partial charge in [0.15, 0.2) is 11.6 Å². The molecule has 0 aliphatic rings. The number of methoxy groups -OCH3 is 1. The van der Waals surface area contributed by atoms with Crippen LogP contribution in [0, 0.1) is 11.6 Å². The lowest BCUT2D eigenvalue weighted by Gasteiger charge is -2.11. The minimum atomic E-state index is -1.22. The third-order valence-corrected chi connectivity index (χ3v) is 2.61. The van der Waals surface area contributed by atoms with Crippen molar-refractivity contribution in [3.05, 3.63) is 47.8 Å². The fourth-order valence-corrected chi connectivity index (χ4v) is 1.60. The number of benzene rings is 1. The summed E-state index contributed by atoms with van der Waals surface area (Å²) in [6.45, 7) is 0. The Balaban J connectivity index is 2.35. The number of ether oxygens (including phenoxy) is 1. The number of nitrogens with one attached hydrogen (secondary N) is 1. The lowest BCUT2D eigenvalue weighted by atomic mass is 10.2. The smallest absolute Gasteiger partial charge is 0.259 e. The van der Waals surface area contributed by atoms with E-state index in [-0.39, 0.29) is 17.0 Å². The number of amides is 1. The van der Waals surface area contributed by atoms with Crippen LogP contribution in [-0.4, -0.2) is 18.0 Å². The summed E-state index contributed by atoms with van der Waals surface area (Å²) in [5.74, 6) is -2.79. The van der Waals surface area contributed by atoms with Gasteiger partial charge in [-0.15, -0.1) is 0 Å². The summed E-state index contributed by atoms with van der Waals surface area (Å²) in [5.41, 5.74) is 5.17. The lowest BCUT2D eigenvalue weighted by Crippen LogP contribution is -2.16. The average Bonchev–Trinajstić information content (AvgIpc) is 2.47. The van der Waals surface area contributed by atoms with Gasteiger partial charge in [0.1, 0.15) is 11.4 Å². The molecule has 0 fully saturated rings. The van der Waals surface area contributed by atoms with E-state index in [1.54, 1.807) is 0 Å². The van der Waals surface area contributed by atoms with E-state index in [9.17, 15) is 13.6 Å². The Labute approximate surface area is 113 Å². The molecule has 1 heterocycles. The van der Waals surface area contributed by atoms with Crippen molar-refractivity contribution in [3.63, 3.8) is 0 Å². The Bertz CT molecular complexity index is 662. The van der Waals surface area contributed by atoms with E-state index in [1.165, 1.54) is 25.6 Å². The van der Waals surface area contributed by atoms with Gasteiger partial charge in [0.25, 0.3) is 5.91 Å². The number of halogens is 2. The van der Waals surface area contributed by atoms with Crippen molar-refractivity contribution >= 4 is 17.3 Å². The highest BCUT2D eigenvalue weighted by molar-refractivity contribution is 6.07. The van der Waals surface area contributed by atoms with Crippen LogP contribution in [0.25, 0.3) is 0 Å². The molecule has 0 unspecified atom stereocenters. The average molecular weight is 279 g/mol. The fraction of sp³-hybridized carbons (Fsp3) is 0.0769. The topological polar surface area (TPSA) is 77.2 Å². The molecule has 1 amide bonds. The van der Waals surface area contributed by atoms with Crippen molar-refractivity contribution in [2.24, 2.45) is 0 Å². The van der Waals surface area contributed by atoms with E-state index in [2.05, 4.69) is 10.3 Å². The first-order chi connectivity index (χ1) is 9.54. The van der Waals surface area contributed by atoms with E-state index in [0.717, 1.165) is 12.1 Å². The van der Waals surface area contributed by atoms with Gasteiger partial charge in [-0.25, -0.2) is 8.78 Å². The van der Waals surface area contributed by atoms with Gasteiger partial charge in [-0.2, -0.15) is 0 Å². The second-order valence-electron chi connectivity index (χ2n) is 3.86. The summed E-state index contributed by atoms with van der Waals surface area (Å²) in [6, 6.07) is 3.44. The third kappa shape index (κ3) is 2.51. The zero-order chi connectivity index (χ0) is 14.7. The number of carbonyl (C=O) groups is 1. The summed E-state index contributed by atoms with van der Waals surface area (Å²) in [4.78, 5) is 15.8. The summed E-state index contributed by atoms with van der Waals surface area (Å²) in [7, 11) is 1.37. The number of rotatable bonds is 3. The molecule has 5 nitrogen and oxygen atoms in total. The normalized spacial score (nSPS) is 10.2. The maximum absolute atomic E-state index is 13.6. The minimum absolute atomic E-state index is 0.0785. The number of pyridine rings is 1. The van der Waals surface area contributed by atoms with Gasteiger partial charge in [-0.3, -0.25) is 9.78 Å². The molecular weight excluding hydrogens is 268 g/mol. The largest absolute Gasteiger partial charge is 0.494 e. The molecule has 2 aromatic rings. The van der Waals surface area contributed by atoms with Crippen LogP contribution in [0.3, 0.4) is 0 Å². The summed E-state index contributed by atoms with van der Waals surface area (Å²) in [5, 5.41) is 2.22. The second-order valence-corrected chi connectivity index (χ2v) is 3.86. The fourth-order valence-electron chi connectivity index (χ4n) is 1.60. The molecule has 1 aromatic heterocycles. The van der Waals surface area contributed by atoms with E-state index in [1.807, 2.05) is 0 Å². The summed E-state index contributed by atoms with van der Waals surface area (Å²) >= 11 is 0. The molecular formula is C13H11F2N3O2. The van der Waals surface area contributed by atoms with Crippen molar-refractivity contribution < 1.29 is 18.3 Å². The van der Waals surface area contributed by atoms with E-state index >= 15 is 0 Å². The Kier molecular flexibility index (Phi) is 3.79. The van der Waals surface area contributed by atoms with E-state index < -0.39 is 23.2 Å². The molecule has 0 saturated carbocycles. The second kappa shape index (κ2) is 5.52. The molecule has 104 valence electrons. The van der Waals surface area contributed by atoms with Crippen LogP contribution in [0.2, 0.25) is 0 Å². The number of aromatic nitrogens is 1. The van der Waals surface area contributed by atoms with E-state index in [0.29, 0.717) is 0 Å². The highest BCUT2D eigenvalue weighted by atomic mass is 19.2. The number of hydrogen-bond acceptors (Lipinski definition) is 4. The molecule has 20 heavy (non-hydrogen) atoms. The molecule has 0 aliphatic heterocycles. The number of nitrogens with zero attached hydrogens (tertiary/aromatic N) is 1. The van der Waals surface area contributed by atoms with Crippen LogP contribution < -0.4 is 15.8 Å². The third-order valence-electron chi connectivity index (χ3n) is 2.61. The van der Waals surface area contributed by atoms with Crippen molar-refractivity contribution in [2.45, 2.75) is 0 Å². The maximum Gasteiger partial charge on any atom is 0.259 e.